The van der Waals surface area contributed by atoms with Crippen LogP contribution < -0.4 is 5.32 Å². The molecule has 116 valence electrons. The van der Waals surface area contributed by atoms with Crippen molar-refractivity contribution >= 4 is 38.5 Å². The van der Waals surface area contributed by atoms with Crippen LogP contribution in [0.5, 0.6) is 0 Å². The molecular formula is C14H16BrF3N2S. The van der Waals surface area contributed by atoms with Crippen molar-refractivity contribution in [3.63, 3.8) is 0 Å². The maximum Gasteiger partial charge on any atom is 0.416 e. The highest BCUT2D eigenvalue weighted by molar-refractivity contribution is 9.10. The van der Waals surface area contributed by atoms with Gasteiger partial charge in [0.1, 0.15) is 0 Å². The molecule has 2 rings (SSSR count). The second-order valence-corrected chi connectivity index (χ2v) is 7.14. The molecule has 1 aliphatic heterocycles. The maximum absolute atomic E-state index is 12.8. The summed E-state index contributed by atoms with van der Waals surface area (Å²) in [5, 5.41) is 3.69. The van der Waals surface area contributed by atoms with E-state index in [0.29, 0.717) is 21.2 Å². The van der Waals surface area contributed by atoms with Gasteiger partial charge in [0.05, 0.1) is 17.3 Å². The second kappa shape index (κ2) is 6.60. The van der Waals surface area contributed by atoms with Gasteiger partial charge in [-0.1, -0.05) is 25.6 Å². The number of alkyl halides is 3. The van der Waals surface area contributed by atoms with Gasteiger partial charge in [0.25, 0.3) is 0 Å². The molecule has 0 saturated heterocycles. The fourth-order valence-corrected chi connectivity index (χ4v) is 3.28. The molecule has 0 bridgehead atoms. The zero-order valence-electron chi connectivity index (χ0n) is 11.7. The van der Waals surface area contributed by atoms with Crippen molar-refractivity contribution in [2.24, 2.45) is 10.9 Å². The molecule has 0 radical (unpaired) electrons. The van der Waals surface area contributed by atoms with Crippen LogP contribution in [0.25, 0.3) is 0 Å². The molecule has 0 spiro atoms. The summed E-state index contributed by atoms with van der Waals surface area (Å²) in [5.74, 6) is 1.35. The van der Waals surface area contributed by atoms with Crippen LogP contribution >= 0.6 is 27.7 Å². The average Bonchev–Trinajstić information content (AvgIpc) is 2.40. The van der Waals surface area contributed by atoms with Gasteiger partial charge in [-0.2, -0.15) is 13.2 Å². The highest BCUT2D eigenvalue weighted by atomic mass is 79.9. The van der Waals surface area contributed by atoms with E-state index in [2.05, 4.69) is 40.1 Å². The minimum absolute atomic E-state index is 0.221. The van der Waals surface area contributed by atoms with Gasteiger partial charge in [-0.25, -0.2) is 0 Å². The van der Waals surface area contributed by atoms with Gasteiger partial charge in [-0.15, -0.1) is 0 Å². The van der Waals surface area contributed by atoms with E-state index in [1.165, 1.54) is 17.8 Å². The molecule has 0 aromatic heterocycles. The molecular weight excluding hydrogens is 365 g/mol. The first kappa shape index (κ1) is 16.7. The molecule has 1 N–H and O–H groups in total. The van der Waals surface area contributed by atoms with Gasteiger partial charge in [0.2, 0.25) is 0 Å². The summed E-state index contributed by atoms with van der Waals surface area (Å²) in [6.07, 6.45) is -3.35. The zero-order chi connectivity index (χ0) is 15.6. The number of benzene rings is 1. The summed E-state index contributed by atoms with van der Waals surface area (Å²) in [7, 11) is 0. The van der Waals surface area contributed by atoms with Crippen LogP contribution in [0.15, 0.2) is 27.7 Å². The van der Waals surface area contributed by atoms with Crippen molar-refractivity contribution in [2.45, 2.75) is 32.5 Å². The Morgan fingerprint density at radius 2 is 2.10 bits per heavy atom. The lowest BCUT2D eigenvalue weighted by atomic mass is 10.0. The van der Waals surface area contributed by atoms with E-state index in [1.807, 2.05) is 0 Å². The Balaban J connectivity index is 2.23. The van der Waals surface area contributed by atoms with Crippen molar-refractivity contribution in [1.82, 2.24) is 0 Å². The Hall–Kier alpha value is -0.690. The number of hydrogen-bond acceptors (Lipinski definition) is 3. The standard InChI is InChI=1S/C14H16BrF3N2S/c1-8(2)11-5-6-21-13(19-11)20-12-7-9(14(16,17)18)3-4-10(12)15/h3-4,7-8,11H,5-6H2,1-2H3,(H,19,20). The summed E-state index contributed by atoms with van der Waals surface area (Å²) in [6, 6.07) is 3.78. The molecule has 1 atom stereocenters. The molecule has 0 fully saturated rings. The quantitative estimate of drug-likeness (QED) is 0.742. The highest BCUT2D eigenvalue weighted by Crippen LogP contribution is 2.34. The van der Waals surface area contributed by atoms with Crippen molar-refractivity contribution in [2.75, 3.05) is 11.1 Å². The third kappa shape index (κ3) is 4.39. The van der Waals surface area contributed by atoms with Gasteiger partial charge >= 0.3 is 6.18 Å². The Morgan fingerprint density at radius 3 is 2.71 bits per heavy atom. The lowest BCUT2D eigenvalue weighted by Gasteiger charge is -2.23. The molecule has 0 aliphatic carbocycles. The smallest absolute Gasteiger partial charge is 0.334 e. The van der Waals surface area contributed by atoms with Gasteiger partial charge < -0.3 is 5.32 Å². The summed E-state index contributed by atoms with van der Waals surface area (Å²) in [4.78, 5) is 4.58. The van der Waals surface area contributed by atoms with Crippen LogP contribution in [-0.4, -0.2) is 17.0 Å². The SMILES string of the molecule is CC(C)C1CCSC(Nc2cc(C(F)(F)F)ccc2Br)=N1. The third-order valence-corrected chi connectivity index (χ3v) is 4.85. The van der Waals surface area contributed by atoms with E-state index >= 15 is 0 Å². The van der Waals surface area contributed by atoms with Gasteiger partial charge in [0, 0.05) is 10.2 Å². The van der Waals surface area contributed by atoms with E-state index in [4.69, 9.17) is 0 Å². The predicted octanol–water partition coefficient (Wildman–Crippen LogP) is 5.40. The summed E-state index contributed by atoms with van der Waals surface area (Å²) < 4.78 is 38.9. The number of amidine groups is 1. The van der Waals surface area contributed by atoms with Crippen molar-refractivity contribution < 1.29 is 13.2 Å². The molecule has 0 saturated carbocycles. The highest BCUT2D eigenvalue weighted by Gasteiger charge is 2.31. The van der Waals surface area contributed by atoms with E-state index in [-0.39, 0.29) is 6.04 Å². The predicted molar refractivity (Wildman–Crippen MR) is 85.9 cm³/mol. The van der Waals surface area contributed by atoms with Crippen LogP contribution in [0.2, 0.25) is 0 Å². The number of thioether (sulfide) groups is 1. The molecule has 1 unspecified atom stereocenters. The van der Waals surface area contributed by atoms with E-state index in [0.717, 1.165) is 24.3 Å². The summed E-state index contributed by atoms with van der Waals surface area (Å²) in [6.45, 7) is 4.20. The molecule has 1 aliphatic rings. The fraction of sp³-hybridized carbons (Fsp3) is 0.500. The first-order chi connectivity index (χ1) is 9.77. The first-order valence-corrected chi connectivity index (χ1v) is 8.39. The van der Waals surface area contributed by atoms with Crippen LogP contribution in [0, 0.1) is 5.92 Å². The second-order valence-electron chi connectivity index (χ2n) is 5.20. The first-order valence-electron chi connectivity index (χ1n) is 6.61. The average molecular weight is 381 g/mol. The van der Waals surface area contributed by atoms with Crippen molar-refractivity contribution in [3.05, 3.63) is 28.2 Å². The summed E-state index contributed by atoms with van der Waals surface area (Å²) in [5.41, 5.74) is -0.282. The lowest BCUT2D eigenvalue weighted by Crippen LogP contribution is -2.24. The molecule has 21 heavy (non-hydrogen) atoms. The molecule has 0 amide bonds. The number of anilines is 1. The van der Waals surface area contributed by atoms with E-state index in [1.54, 1.807) is 0 Å². The van der Waals surface area contributed by atoms with Crippen LogP contribution in [-0.2, 0) is 6.18 Å². The molecule has 1 aromatic carbocycles. The maximum atomic E-state index is 12.8. The van der Waals surface area contributed by atoms with Crippen molar-refractivity contribution in [1.29, 1.82) is 0 Å². The molecule has 1 aromatic rings. The Kier molecular flexibility index (Phi) is 5.24. The van der Waals surface area contributed by atoms with E-state index < -0.39 is 11.7 Å². The number of rotatable bonds is 2. The summed E-state index contributed by atoms with van der Waals surface area (Å²) >= 11 is 4.81. The van der Waals surface area contributed by atoms with Gasteiger partial charge in [-0.05, 0) is 46.5 Å². The fourth-order valence-electron chi connectivity index (χ4n) is 1.99. The molecule has 7 heteroatoms. The third-order valence-electron chi connectivity index (χ3n) is 3.24. The number of aliphatic imine (C=N–C) groups is 1. The monoisotopic (exact) mass is 380 g/mol. The molecule has 1 heterocycles. The minimum atomic E-state index is -4.35. The Morgan fingerprint density at radius 1 is 1.38 bits per heavy atom. The lowest BCUT2D eigenvalue weighted by molar-refractivity contribution is -0.137. The Labute approximate surface area is 134 Å². The number of nitrogens with one attached hydrogen (secondary N) is 1. The van der Waals surface area contributed by atoms with Crippen LogP contribution in [0.1, 0.15) is 25.8 Å². The van der Waals surface area contributed by atoms with Gasteiger partial charge in [0.15, 0.2) is 5.17 Å². The largest absolute Gasteiger partial charge is 0.416 e. The Bertz CT molecular complexity index is 544. The minimum Gasteiger partial charge on any atom is -0.334 e. The number of halogens is 4. The van der Waals surface area contributed by atoms with Crippen LogP contribution in [0.4, 0.5) is 18.9 Å². The topological polar surface area (TPSA) is 24.4 Å². The van der Waals surface area contributed by atoms with Gasteiger partial charge in [-0.3, -0.25) is 4.99 Å². The van der Waals surface area contributed by atoms with Crippen molar-refractivity contribution in [3.8, 4) is 0 Å². The normalized spacial score (nSPS) is 19.6. The van der Waals surface area contributed by atoms with E-state index in [9.17, 15) is 13.2 Å². The number of hydrogen-bond donors (Lipinski definition) is 1. The molecule has 2 nitrogen and oxygen atoms in total. The van der Waals surface area contributed by atoms with Crippen LogP contribution in [0.3, 0.4) is 0 Å². The number of nitrogens with zero attached hydrogens (tertiary/aromatic N) is 1. The zero-order valence-corrected chi connectivity index (χ0v) is 14.1.